The monoisotopic (exact) mass is 687 g/mol. The Morgan fingerprint density at radius 2 is 0.960 bits per heavy atom. The highest BCUT2D eigenvalue weighted by molar-refractivity contribution is 7.26. The second-order valence-electron chi connectivity index (χ2n) is 11.4. The summed E-state index contributed by atoms with van der Waals surface area (Å²) in [5.74, 6) is -0.450. The van der Waals surface area contributed by atoms with Crippen molar-refractivity contribution in [2.45, 2.75) is 0 Å². The van der Waals surface area contributed by atoms with Crippen LogP contribution >= 0.6 is 22.7 Å². The first kappa shape index (κ1) is 18.1. The Hall–Kier alpha value is -6.01. The molecule has 10 rings (SSSR count). The lowest BCUT2D eigenvalue weighted by atomic mass is 9.98. The number of nitrogens with zero attached hydrogens (tertiary/aromatic N) is 3. The number of benzene rings is 7. The lowest BCUT2D eigenvalue weighted by Gasteiger charge is -2.11. The number of aromatic nitrogens is 3. The van der Waals surface area contributed by atoms with Crippen molar-refractivity contribution >= 4 is 63.0 Å². The molecule has 3 heterocycles. The summed E-state index contributed by atoms with van der Waals surface area (Å²) in [4.78, 5) is 14.5. The predicted octanol–water partition coefficient (Wildman–Crippen LogP) is 12.9. The summed E-state index contributed by atoms with van der Waals surface area (Å²) in [5.41, 5.74) is 4.08. The molecule has 0 atom stereocenters. The minimum Gasteiger partial charge on any atom is -0.208 e. The zero-order chi connectivity index (χ0) is 45.2. The van der Waals surface area contributed by atoms with E-state index in [0.29, 0.717) is 5.56 Å². The molecular formula is C45H27N3S2. The molecule has 0 amide bonds. The molecule has 0 aliphatic heterocycles. The Kier molecular flexibility index (Phi) is 4.29. The van der Waals surface area contributed by atoms with E-state index in [1.165, 1.54) is 0 Å². The summed E-state index contributed by atoms with van der Waals surface area (Å²) >= 11 is 1.78. The molecule has 0 aliphatic rings. The van der Waals surface area contributed by atoms with E-state index in [1.807, 2.05) is 60.7 Å². The van der Waals surface area contributed by atoms with Crippen molar-refractivity contribution in [1.82, 2.24) is 15.0 Å². The molecule has 0 saturated heterocycles. The van der Waals surface area contributed by atoms with E-state index < -0.39 is 66.5 Å². The topological polar surface area (TPSA) is 38.7 Å². The summed E-state index contributed by atoms with van der Waals surface area (Å²) in [5, 5.41) is 0.0753. The summed E-state index contributed by atoms with van der Waals surface area (Å²) in [6.07, 6.45) is 0. The molecule has 3 nitrogen and oxygen atoms in total. The van der Waals surface area contributed by atoms with Crippen LogP contribution in [0.1, 0.15) is 19.2 Å². The SMILES string of the molecule is [2H]c1c([2H])c([2H])c2c(sc3c(-c4nc(-c5ccc(-c6cccc(-c7ccccc7)c6)cc5)nc(-c5c([2H])c([2H])c([2H])c6sc7c([2H])c([2H])c([2H])c([2H])c7c56)n4)c([2H])c([2H])c([2H])c32)c1[2H]. The Labute approximate surface area is 316 Å². The molecule has 0 fully saturated rings. The van der Waals surface area contributed by atoms with Gasteiger partial charge in [-0.15, -0.1) is 22.7 Å². The van der Waals surface area contributed by atoms with Gasteiger partial charge in [0.2, 0.25) is 0 Å². The maximum atomic E-state index is 9.28. The second kappa shape index (κ2) is 11.8. The van der Waals surface area contributed by atoms with Crippen molar-refractivity contribution in [3.05, 3.63) is 163 Å². The molecule has 5 heteroatoms. The highest BCUT2D eigenvalue weighted by atomic mass is 32.1. The molecule has 0 saturated carbocycles. The van der Waals surface area contributed by atoms with Crippen LogP contribution in [0.2, 0.25) is 0 Å². The van der Waals surface area contributed by atoms with Crippen LogP contribution in [0.4, 0.5) is 0 Å². The summed E-state index contributed by atoms with van der Waals surface area (Å²) in [6, 6.07) is 18.8. The van der Waals surface area contributed by atoms with Crippen LogP contribution < -0.4 is 0 Å². The van der Waals surface area contributed by atoms with Crippen molar-refractivity contribution in [2.75, 3.05) is 0 Å². The minimum absolute atomic E-state index is 0.00370. The number of thiophene rings is 2. The van der Waals surface area contributed by atoms with E-state index in [2.05, 4.69) is 6.07 Å². The van der Waals surface area contributed by atoms with Gasteiger partial charge in [0.15, 0.2) is 17.5 Å². The van der Waals surface area contributed by atoms with Gasteiger partial charge < -0.3 is 0 Å². The van der Waals surface area contributed by atoms with Crippen LogP contribution in [0.3, 0.4) is 0 Å². The molecule has 0 radical (unpaired) electrons. The first-order valence-electron chi connectivity index (χ1n) is 22.5. The normalized spacial score (nSPS) is 15.5. The minimum atomic E-state index is -0.560. The van der Waals surface area contributed by atoms with Crippen molar-refractivity contribution < 1.29 is 19.2 Å². The van der Waals surface area contributed by atoms with Gasteiger partial charge in [-0.05, 0) is 52.5 Å². The first-order chi connectivity index (χ1) is 30.6. The lowest BCUT2D eigenvalue weighted by Crippen LogP contribution is -2.00. The zero-order valence-electron chi connectivity index (χ0n) is 39.7. The van der Waals surface area contributed by atoms with Crippen LogP contribution in [0.5, 0.6) is 0 Å². The average molecular weight is 688 g/mol. The second-order valence-corrected chi connectivity index (χ2v) is 13.4. The predicted molar refractivity (Wildman–Crippen MR) is 213 cm³/mol. The number of hydrogen-bond acceptors (Lipinski definition) is 5. The number of fused-ring (bicyclic) bond motifs is 6. The highest BCUT2D eigenvalue weighted by Gasteiger charge is 2.19. The van der Waals surface area contributed by atoms with Gasteiger partial charge in [0, 0.05) is 57.0 Å². The maximum absolute atomic E-state index is 9.28. The van der Waals surface area contributed by atoms with Gasteiger partial charge in [-0.3, -0.25) is 0 Å². The molecule has 0 bridgehead atoms. The van der Waals surface area contributed by atoms with Crippen LogP contribution in [-0.4, -0.2) is 15.0 Å². The highest BCUT2D eigenvalue weighted by Crippen LogP contribution is 2.42. The Morgan fingerprint density at radius 1 is 0.400 bits per heavy atom. The smallest absolute Gasteiger partial charge is 0.165 e. The standard InChI is InChI=1S/C45H27N3S2/c1-2-11-28(12-3-1)31-13-8-14-32(27-31)29-23-25-30(26-24-29)43-46-44(36-18-10-22-40-41(36)35-16-5-7-21-39(35)49-40)48-45(47-43)37-19-9-17-34-33-15-4-6-20-38(33)50-42(34)37/h1-27H/i4D,5D,6D,7D,9D,10D,15D,16D,17D,18D,19D,20D,21D,22D. The van der Waals surface area contributed by atoms with Gasteiger partial charge in [-0.25, -0.2) is 15.0 Å². The van der Waals surface area contributed by atoms with E-state index in [9.17, 15) is 2.74 Å². The summed E-state index contributed by atoms with van der Waals surface area (Å²) in [6.45, 7) is 0. The molecule has 234 valence electrons. The molecule has 50 heavy (non-hydrogen) atoms. The molecular weight excluding hydrogens is 647 g/mol. The molecule has 10 aromatic rings. The summed E-state index contributed by atoms with van der Waals surface area (Å²) in [7, 11) is 0. The molecule has 7 aromatic carbocycles. The van der Waals surface area contributed by atoms with Crippen LogP contribution in [0.25, 0.3) is 96.8 Å². The van der Waals surface area contributed by atoms with E-state index in [-0.39, 0.29) is 87.1 Å². The lowest BCUT2D eigenvalue weighted by molar-refractivity contribution is 1.08. The fraction of sp³-hybridized carbons (Fsp3) is 0. The molecule has 0 unspecified atom stereocenters. The van der Waals surface area contributed by atoms with E-state index >= 15 is 0 Å². The van der Waals surface area contributed by atoms with Crippen molar-refractivity contribution in [3.8, 4) is 56.4 Å². The quantitative estimate of drug-likeness (QED) is 0.181. The summed E-state index contributed by atoms with van der Waals surface area (Å²) < 4.78 is 123. The van der Waals surface area contributed by atoms with E-state index in [4.69, 9.17) is 31.4 Å². The van der Waals surface area contributed by atoms with Crippen LogP contribution in [0.15, 0.2) is 163 Å². The van der Waals surface area contributed by atoms with Gasteiger partial charge in [-0.2, -0.15) is 0 Å². The van der Waals surface area contributed by atoms with Gasteiger partial charge >= 0.3 is 0 Å². The first-order valence-corrected chi connectivity index (χ1v) is 17.1. The van der Waals surface area contributed by atoms with Crippen LogP contribution in [-0.2, 0) is 0 Å². The van der Waals surface area contributed by atoms with Gasteiger partial charge in [-0.1, -0.05) is 133 Å². The van der Waals surface area contributed by atoms with Crippen molar-refractivity contribution in [1.29, 1.82) is 0 Å². The van der Waals surface area contributed by atoms with Gasteiger partial charge in [0.1, 0.15) is 0 Å². The maximum Gasteiger partial charge on any atom is 0.165 e. The third-order valence-electron chi connectivity index (χ3n) is 8.41. The fourth-order valence-corrected chi connectivity index (χ4v) is 8.09. The van der Waals surface area contributed by atoms with Crippen LogP contribution in [0, 0.1) is 0 Å². The Morgan fingerprint density at radius 3 is 1.76 bits per heavy atom. The van der Waals surface area contributed by atoms with Crippen molar-refractivity contribution in [2.24, 2.45) is 0 Å². The van der Waals surface area contributed by atoms with Crippen molar-refractivity contribution in [3.63, 3.8) is 0 Å². The average Bonchev–Trinajstić information content (AvgIpc) is 3.91. The molecule has 3 aromatic heterocycles. The largest absolute Gasteiger partial charge is 0.208 e. The van der Waals surface area contributed by atoms with E-state index in [0.717, 1.165) is 44.9 Å². The third kappa shape index (κ3) is 4.90. The van der Waals surface area contributed by atoms with Gasteiger partial charge in [0.25, 0.3) is 0 Å². The number of rotatable bonds is 5. The Balaban J connectivity index is 1.28. The third-order valence-corrected chi connectivity index (χ3v) is 10.6. The molecule has 0 N–H and O–H groups in total. The molecule has 0 aliphatic carbocycles. The van der Waals surface area contributed by atoms with E-state index in [1.54, 1.807) is 12.1 Å². The number of hydrogen-bond donors (Lipinski definition) is 0. The zero-order valence-corrected chi connectivity index (χ0v) is 27.3. The van der Waals surface area contributed by atoms with Gasteiger partial charge in [0.05, 0.1) is 19.2 Å². The molecule has 0 spiro atoms. The fourth-order valence-electron chi connectivity index (χ4n) is 6.06. The Bertz CT molecular complexity index is 3670.